The predicted molar refractivity (Wildman–Crippen MR) is 107 cm³/mol. The molecular weight excluding hydrogens is 358 g/mol. The molecule has 4 heterocycles. The maximum absolute atomic E-state index is 12.6. The average Bonchev–Trinajstić information content (AvgIpc) is 3.47. The van der Waals surface area contributed by atoms with E-state index >= 15 is 0 Å². The van der Waals surface area contributed by atoms with E-state index in [2.05, 4.69) is 20.6 Å². The Morgan fingerprint density at radius 3 is 3.14 bits per heavy atom. The molecule has 0 saturated carbocycles. The fourth-order valence-electron chi connectivity index (χ4n) is 3.80. The van der Waals surface area contributed by atoms with Gasteiger partial charge in [-0.2, -0.15) is 0 Å². The van der Waals surface area contributed by atoms with Crippen LogP contribution < -0.4 is 15.4 Å². The van der Waals surface area contributed by atoms with Crippen molar-refractivity contribution in [2.24, 2.45) is 0 Å². The standard InChI is InChI=1S/C20H21N5O3/c1-27-16-6-7-21-15(16)9-12-17-13(23-19(12)26)4-5-14-18(17)25-20(24-14)22-10-11-3-2-8-28-11/h4-7,9,11,21H,2-3,8,10H2,1H3,(H,23,26)(H2,22,24,25)/b12-9+. The molecule has 1 amide bonds. The van der Waals surface area contributed by atoms with Crippen LogP contribution in [0.4, 0.5) is 11.6 Å². The fourth-order valence-corrected chi connectivity index (χ4v) is 3.80. The number of anilines is 2. The first-order valence-electron chi connectivity index (χ1n) is 9.36. The van der Waals surface area contributed by atoms with Crippen LogP contribution in [0.25, 0.3) is 22.7 Å². The van der Waals surface area contributed by atoms with E-state index in [0.717, 1.165) is 47.4 Å². The normalized spacial score (nSPS) is 20.0. The van der Waals surface area contributed by atoms with Gasteiger partial charge in [-0.15, -0.1) is 0 Å². The zero-order chi connectivity index (χ0) is 19.1. The van der Waals surface area contributed by atoms with Crippen molar-refractivity contribution in [1.82, 2.24) is 15.0 Å². The second kappa shape index (κ2) is 6.72. The number of amides is 1. The molecule has 1 aromatic carbocycles. The third-order valence-electron chi connectivity index (χ3n) is 5.19. The summed E-state index contributed by atoms with van der Waals surface area (Å²) in [7, 11) is 1.60. The van der Waals surface area contributed by atoms with Gasteiger partial charge in [0.15, 0.2) is 0 Å². The largest absolute Gasteiger partial charge is 0.495 e. The molecule has 3 aromatic rings. The monoisotopic (exact) mass is 379 g/mol. The molecule has 8 heteroatoms. The molecule has 28 heavy (non-hydrogen) atoms. The molecule has 0 bridgehead atoms. The highest BCUT2D eigenvalue weighted by molar-refractivity contribution is 6.37. The lowest BCUT2D eigenvalue weighted by Gasteiger charge is -2.09. The molecule has 2 aliphatic heterocycles. The number of nitrogens with one attached hydrogen (secondary N) is 4. The van der Waals surface area contributed by atoms with Crippen molar-refractivity contribution in [2.75, 3.05) is 30.9 Å². The van der Waals surface area contributed by atoms with Crippen molar-refractivity contribution in [3.63, 3.8) is 0 Å². The number of imidazole rings is 1. The van der Waals surface area contributed by atoms with E-state index in [0.29, 0.717) is 23.8 Å². The first-order valence-corrected chi connectivity index (χ1v) is 9.36. The van der Waals surface area contributed by atoms with Crippen LogP contribution in [0.5, 0.6) is 5.75 Å². The Hall–Kier alpha value is -3.26. The van der Waals surface area contributed by atoms with Crippen LogP contribution in [0.3, 0.4) is 0 Å². The van der Waals surface area contributed by atoms with Gasteiger partial charge in [0, 0.05) is 24.9 Å². The molecule has 4 N–H and O–H groups in total. The molecule has 2 aromatic heterocycles. The van der Waals surface area contributed by atoms with Gasteiger partial charge in [-0.3, -0.25) is 4.79 Å². The number of aromatic nitrogens is 3. The molecule has 1 fully saturated rings. The molecule has 1 atom stereocenters. The van der Waals surface area contributed by atoms with Crippen molar-refractivity contribution in [3.05, 3.63) is 35.7 Å². The fraction of sp³-hybridized carbons (Fsp3) is 0.300. The number of carbonyl (C=O) groups is 1. The summed E-state index contributed by atoms with van der Waals surface area (Å²) in [5.74, 6) is 1.20. The lowest BCUT2D eigenvalue weighted by Crippen LogP contribution is -2.18. The van der Waals surface area contributed by atoms with E-state index in [-0.39, 0.29) is 12.0 Å². The van der Waals surface area contributed by atoms with Gasteiger partial charge >= 0.3 is 0 Å². The third-order valence-corrected chi connectivity index (χ3v) is 5.19. The lowest BCUT2D eigenvalue weighted by atomic mass is 10.0. The SMILES string of the molecule is COc1cc[nH]c1/C=C1/C(=O)Nc2ccc3[nH]c(NCC4CCCO4)nc3c21. The molecule has 8 nitrogen and oxygen atoms in total. The van der Waals surface area contributed by atoms with E-state index in [1.165, 1.54) is 0 Å². The summed E-state index contributed by atoms with van der Waals surface area (Å²) in [5.41, 5.74) is 4.47. The molecule has 1 saturated heterocycles. The Labute approximate surface area is 161 Å². The van der Waals surface area contributed by atoms with Crippen molar-refractivity contribution < 1.29 is 14.3 Å². The molecule has 5 rings (SSSR count). The summed E-state index contributed by atoms with van der Waals surface area (Å²) in [5, 5.41) is 6.23. The summed E-state index contributed by atoms with van der Waals surface area (Å²) < 4.78 is 11.0. The van der Waals surface area contributed by atoms with E-state index in [1.807, 2.05) is 18.2 Å². The zero-order valence-corrected chi connectivity index (χ0v) is 15.5. The summed E-state index contributed by atoms with van der Waals surface area (Å²) >= 11 is 0. The topological polar surface area (TPSA) is 104 Å². The molecular formula is C20H21N5O3. The zero-order valence-electron chi connectivity index (χ0n) is 15.5. The van der Waals surface area contributed by atoms with E-state index in [1.54, 1.807) is 19.4 Å². The summed E-state index contributed by atoms with van der Waals surface area (Å²) in [6.07, 6.45) is 5.96. The second-order valence-corrected chi connectivity index (χ2v) is 6.96. The summed E-state index contributed by atoms with van der Waals surface area (Å²) in [6.45, 7) is 1.53. The first-order chi connectivity index (χ1) is 13.7. The number of methoxy groups -OCH3 is 1. The maximum atomic E-state index is 12.6. The van der Waals surface area contributed by atoms with E-state index in [4.69, 9.17) is 14.5 Å². The first kappa shape index (κ1) is 16.9. The van der Waals surface area contributed by atoms with Gasteiger partial charge in [-0.05, 0) is 37.1 Å². The van der Waals surface area contributed by atoms with E-state index < -0.39 is 0 Å². The van der Waals surface area contributed by atoms with Crippen LogP contribution >= 0.6 is 0 Å². The number of hydrogen-bond donors (Lipinski definition) is 4. The molecule has 2 aliphatic rings. The maximum Gasteiger partial charge on any atom is 0.256 e. The Balaban J connectivity index is 1.52. The van der Waals surface area contributed by atoms with Crippen LogP contribution in [0.15, 0.2) is 24.4 Å². The number of fused-ring (bicyclic) bond motifs is 3. The van der Waals surface area contributed by atoms with Crippen molar-refractivity contribution in [2.45, 2.75) is 18.9 Å². The van der Waals surface area contributed by atoms with Crippen LogP contribution in [0.1, 0.15) is 24.1 Å². The van der Waals surface area contributed by atoms with Gasteiger partial charge in [0.05, 0.1) is 35.7 Å². The van der Waals surface area contributed by atoms with Crippen LogP contribution in [0.2, 0.25) is 0 Å². The minimum absolute atomic E-state index is 0.156. The van der Waals surface area contributed by atoms with Gasteiger partial charge in [0.2, 0.25) is 5.95 Å². The second-order valence-electron chi connectivity index (χ2n) is 6.96. The summed E-state index contributed by atoms with van der Waals surface area (Å²) in [4.78, 5) is 23.7. The number of aromatic amines is 2. The van der Waals surface area contributed by atoms with E-state index in [9.17, 15) is 4.79 Å². The number of carbonyl (C=O) groups excluding carboxylic acids is 1. The highest BCUT2D eigenvalue weighted by Gasteiger charge is 2.28. The van der Waals surface area contributed by atoms with Crippen molar-refractivity contribution in [3.8, 4) is 5.75 Å². The van der Waals surface area contributed by atoms with Crippen molar-refractivity contribution >= 4 is 40.2 Å². The van der Waals surface area contributed by atoms with Crippen LogP contribution in [0, 0.1) is 0 Å². The van der Waals surface area contributed by atoms with Gasteiger partial charge in [0.1, 0.15) is 11.3 Å². The third kappa shape index (κ3) is 2.82. The molecule has 1 unspecified atom stereocenters. The minimum Gasteiger partial charge on any atom is -0.495 e. The van der Waals surface area contributed by atoms with Gasteiger partial charge < -0.3 is 30.1 Å². The quantitative estimate of drug-likeness (QED) is 0.510. The van der Waals surface area contributed by atoms with Gasteiger partial charge in [-0.25, -0.2) is 4.98 Å². The number of H-pyrrole nitrogens is 2. The molecule has 0 spiro atoms. The summed E-state index contributed by atoms with van der Waals surface area (Å²) in [6, 6.07) is 5.64. The number of hydrogen-bond acceptors (Lipinski definition) is 5. The average molecular weight is 379 g/mol. The number of ether oxygens (including phenoxy) is 2. The highest BCUT2D eigenvalue weighted by atomic mass is 16.5. The number of nitrogens with zero attached hydrogens (tertiary/aromatic N) is 1. The molecule has 144 valence electrons. The highest BCUT2D eigenvalue weighted by Crippen LogP contribution is 2.39. The molecule has 0 radical (unpaired) electrons. The Morgan fingerprint density at radius 2 is 2.32 bits per heavy atom. The minimum atomic E-state index is -0.156. The Bertz CT molecular complexity index is 1070. The Kier molecular flexibility index (Phi) is 4.05. The van der Waals surface area contributed by atoms with Gasteiger partial charge in [0.25, 0.3) is 5.91 Å². The number of benzene rings is 1. The Morgan fingerprint density at radius 1 is 1.39 bits per heavy atom. The predicted octanol–water partition coefficient (Wildman–Crippen LogP) is 2.98. The number of rotatable bonds is 5. The van der Waals surface area contributed by atoms with Crippen molar-refractivity contribution in [1.29, 1.82) is 0 Å². The van der Waals surface area contributed by atoms with Crippen LogP contribution in [-0.2, 0) is 9.53 Å². The smallest absolute Gasteiger partial charge is 0.256 e. The van der Waals surface area contributed by atoms with Crippen LogP contribution in [-0.4, -0.2) is 47.2 Å². The lowest BCUT2D eigenvalue weighted by molar-refractivity contribution is -0.110. The molecule has 0 aliphatic carbocycles. The van der Waals surface area contributed by atoms with Gasteiger partial charge in [-0.1, -0.05) is 0 Å².